The highest BCUT2D eigenvalue weighted by atomic mass is 35.5. The second-order valence-corrected chi connectivity index (χ2v) is 7.21. The van der Waals surface area contributed by atoms with Gasteiger partial charge in [0, 0.05) is 42.7 Å². The van der Waals surface area contributed by atoms with Crippen molar-refractivity contribution in [3.05, 3.63) is 58.9 Å². The zero-order valence-corrected chi connectivity index (χ0v) is 16.2. The Bertz CT molecular complexity index is 966. The number of benzene rings is 1. The van der Waals surface area contributed by atoms with E-state index in [0.29, 0.717) is 36.2 Å². The number of halogens is 1. The summed E-state index contributed by atoms with van der Waals surface area (Å²) in [4.78, 5) is 19.9. The Hall–Kier alpha value is -2.57. The van der Waals surface area contributed by atoms with Gasteiger partial charge in [-0.25, -0.2) is 4.98 Å². The van der Waals surface area contributed by atoms with E-state index in [4.69, 9.17) is 21.1 Å². The van der Waals surface area contributed by atoms with Gasteiger partial charge in [-0.15, -0.1) is 0 Å². The number of rotatable bonds is 6. The first-order valence-electron chi connectivity index (χ1n) is 9.44. The van der Waals surface area contributed by atoms with Gasteiger partial charge in [0.15, 0.2) is 0 Å². The van der Waals surface area contributed by atoms with Crippen molar-refractivity contribution in [2.24, 2.45) is 0 Å². The molecule has 3 heterocycles. The number of ether oxygens (including phenoxy) is 2. The van der Waals surface area contributed by atoms with E-state index < -0.39 is 0 Å². The molecule has 4 rings (SSSR count). The van der Waals surface area contributed by atoms with Gasteiger partial charge in [-0.05, 0) is 24.1 Å². The van der Waals surface area contributed by atoms with E-state index in [1.54, 1.807) is 6.07 Å². The first-order valence-corrected chi connectivity index (χ1v) is 9.81. The van der Waals surface area contributed by atoms with E-state index in [-0.39, 0.29) is 12.0 Å². The minimum absolute atomic E-state index is 0.0506. The zero-order valence-electron chi connectivity index (χ0n) is 15.4. The molecule has 1 aliphatic rings. The molecule has 0 aliphatic carbocycles. The fourth-order valence-electron chi connectivity index (χ4n) is 3.34. The van der Waals surface area contributed by atoms with Crippen molar-refractivity contribution in [2.75, 3.05) is 19.8 Å². The van der Waals surface area contributed by atoms with E-state index in [0.717, 1.165) is 24.8 Å². The number of fused-ring (bicyclic) bond motifs is 1. The molecule has 7 heteroatoms. The van der Waals surface area contributed by atoms with Crippen LogP contribution in [0.25, 0.3) is 10.9 Å². The zero-order chi connectivity index (χ0) is 19.3. The Morgan fingerprint density at radius 1 is 1.32 bits per heavy atom. The first kappa shape index (κ1) is 18.8. The molecular formula is C21H22ClN3O3. The number of pyridine rings is 1. The third kappa shape index (κ3) is 4.29. The number of aromatic amines is 1. The molecule has 0 unspecified atom stereocenters. The maximum Gasteiger partial charge on any atom is 0.252 e. The summed E-state index contributed by atoms with van der Waals surface area (Å²) in [5.41, 5.74) is 2.69. The van der Waals surface area contributed by atoms with Crippen molar-refractivity contribution < 1.29 is 14.3 Å². The maximum absolute atomic E-state index is 12.4. The predicted octanol–water partition coefficient (Wildman–Crippen LogP) is 3.75. The number of carbonyl (C=O) groups excluding carboxylic acids is 1. The van der Waals surface area contributed by atoms with Crippen LogP contribution < -0.4 is 10.1 Å². The molecule has 28 heavy (non-hydrogen) atoms. The lowest BCUT2D eigenvalue weighted by Crippen LogP contribution is -2.27. The van der Waals surface area contributed by atoms with Crippen molar-refractivity contribution >= 4 is 28.4 Å². The standard InChI is InChI=1S/C21H22ClN3O3/c22-18-11-15(13-25-21(18)28-16-6-9-27-10-7-16)20(26)23-8-5-14-12-24-19-4-2-1-3-17(14)19/h1-4,11-13,16,24H,5-10H2,(H,23,26). The lowest BCUT2D eigenvalue weighted by atomic mass is 10.1. The van der Waals surface area contributed by atoms with Crippen LogP contribution >= 0.6 is 11.6 Å². The van der Waals surface area contributed by atoms with Gasteiger partial charge in [0.25, 0.3) is 5.91 Å². The number of nitrogens with zero attached hydrogens (tertiary/aromatic N) is 1. The minimum Gasteiger partial charge on any atom is -0.473 e. The number of hydrogen-bond acceptors (Lipinski definition) is 4. The highest BCUT2D eigenvalue weighted by Gasteiger charge is 2.18. The second kappa shape index (κ2) is 8.63. The smallest absolute Gasteiger partial charge is 0.252 e. The van der Waals surface area contributed by atoms with Gasteiger partial charge < -0.3 is 19.8 Å². The highest BCUT2D eigenvalue weighted by Crippen LogP contribution is 2.25. The molecule has 0 bridgehead atoms. The molecule has 2 aromatic heterocycles. The van der Waals surface area contributed by atoms with Gasteiger partial charge in [-0.2, -0.15) is 0 Å². The Kier molecular flexibility index (Phi) is 5.78. The summed E-state index contributed by atoms with van der Waals surface area (Å²) in [5, 5.41) is 4.44. The Morgan fingerprint density at radius 2 is 2.14 bits per heavy atom. The third-order valence-electron chi connectivity index (χ3n) is 4.87. The van der Waals surface area contributed by atoms with E-state index in [1.165, 1.54) is 17.1 Å². The van der Waals surface area contributed by atoms with E-state index >= 15 is 0 Å². The molecule has 2 N–H and O–H groups in total. The number of carbonyl (C=O) groups is 1. The Morgan fingerprint density at radius 3 is 2.96 bits per heavy atom. The molecule has 0 spiro atoms. The van der Waals surface area contributed by atoms with Crippen LogP contribution in [0.1, 0.15) is 28.8 Å². The van der Waals surface area contributed by atoms with Gasteiger partial charge in [0.2, 0.25) is 5.88 Å². The average Bonchev–Trinajstić information content (AvgIpc) is 3.13. The van der Waals surface area contributed by atoms with Crippen LogP contribution in [0.5, 0.6) is 5.88 Å². The van der Waals surface area contributed by atoms with Gasteiger partial charge in [0.05, 0.1) is 18.8 Å². The highest BCUT2D eigenvalue weighted by molar-refractivity contribution is 6.32. The predicted molar refractivity (Wildman–Crippen MR) is 108 cm³/mol. The van der Waals surface area contributed by atoms with E-state index in [1.807, 2.05) is 24.4 Å². The summed E-state index contributed by atoms with van der Waals surface area (Å²) in [6, 6.07) is 9.72. The van der Waals surface area contributed by atoms with Crippen molar-refractivity contribution in [1.82, 2.24) is 15.3 Å². The molecule has 0 atom stereocenters. The van der Waals surface area contributed by atoms with Gasteiger partial charge in [0.1, 0.15) is 11.1 Å². The number of nitrogens with one attached hydrogen (secondary N) is 2. The number of H-pyrrole nitrogens is 1. The number of aromatic nitrogens is 2. The summed E-state index contributed by atoms with van der Waals surface area (Å²) in [7, 11) is 0. The summed E-state index contributed by atoms with van der Waals surface area (Å²) >= 11 is 6.27. The third-order valence-corrected chi connectivity index (χ3v) is 5.14. The summed E-state index contributed by atoms with van der Waals surface area (Å²) in [6.45, 7) is 1.89. The normalized spacial score (nSPS) is 14.9. The Balaban J connectivity index is 1.33. The lowest BCUT2D eigenvalue weighted by Gasteiger charge is -2.23. The van der Waals surface area contributed by atoms with Gasteiger partial charge >= 0.3 is 0 Å². The van der Waals surface area contributed by atoms with Crippen LogP contribution in [0.4, 0.5) is 0 Å². The number of hydrogen-bond donors (Lipinski definition) is 2. The van der Waals surface area contributed by atoms with Crippen LogP contribution in [0.2, 0.25) is 5.02 Å². The molecule has 1 amide bonds. The van der Waals surface area contributed by atoms with E-state index in [9.17, 15) is 4.79 Å². The summed E-state index contributed by atoms with van der Waals surface area (Å²) in [6.07, 6.45) is 5.90. The van der Waals surface area contributed by atoms with Crippen LogP contribution in [-0.4, -0.2) is 41.7 Å². The molecule has 1 aliphatic heterocycles. The minimum atomic E-state index is -0.202. The topological polar surface area (TPSA) is 76.2 Å². The van der Waals surface area contributed by atoms with Crippen molar-refractivity contribution in [1.29, 1.82) is 0 Å². The number of amides is 1. The van der Waals surface area contributed by atoms with Crippen molar-refractivity contribution in [3.8, 4) is 5.88 Å². The fourth-order valence-corrected chi connectivity index (χ4v) is 3.55. The van der Waals surface area contributed by atoms with Crippen LogP contribution in [0.3, 0.4) is 0 Å². The fraction of sp³-hybridized carbons (Fsp3) is 0.333. The summed E-state index contributed by atoms with van der Waals surface area (Å²) in [5.74, 6) is 0.163. The maximum atomic E-state index is 12.4. The quantitative estimate of drug-likeness (QED) is 0.662. The van der Waals surface area contributed by atoms with Gasteiger partial charge in [-0.1, -0.05) is 29.8 Å². The lowest BCUT2D eigenvalue weighted by molar-refractivity contribution is 0.0238. The molecule has 1 fully saturated rings. The molecular weight excluding hydrogens is 378 g/mol. The Labute approximate surface area is 168 Å². The van der Waals surface area contributed by atoms with Crippen molar-refractivity contribution in [2.45, 2.75) is 25.4 Å². The molecule has 0 radical (unpaired) electrons. The average molecular weight is 400 g/mol. The number of para-hydroxylation sites is 1. The van der Waals surface area contributed by atoms with Crippen molar-refractivity contribution in [3.63, 3.8) is 0 Å². The van der Waals surface area contributed by atoms with E-state index in [2.05, 4.69) is 21.4 Å². The van der Waals surface area contributed by atoms with Crippen LogP contribution in [0.15, 0.2) is 42.7 Å². The van der Waals surface area contributed by atoms with Gasteiger partial charge in [-0.3, -0.25) is 4.79 Å². The first-order chi connectivity index (χ1) is 13.7. The van der Waals surface area contributed by atoms with Crippen LogP contribution in [0, 0.1) is 0 Å². The SMILES string of the molecule is O=C(NCCc1c[nH]c2ccccc12)c1cnc(OC2CCOCC2)c(Cl)c1. The molecule has 146 valence electrons. The van der Waals surface area contributed by atoms with Crippen LogP contribution in [-0.2, 0) is 11.2 Å². The summed E-state index contributed by atoms with van der Waals surface area (Å²) < 4.78 is 11.2. The molecule has 3 aromatic rings. The molecule has 1 saturated heterocycles. The monoisotopic (exact) mass is 399 g/mol. The second-order valence-electron chi connectivity index (χ2n) is 6.81. The molecule has 0 saturated carbocycles. The largest absolute Gasteiger partial charge is 0.473 e. The molecule has 6 nitrogen and oxygen atoms in total. The molecule has 1 aromatic carbocycles.